The van der Waals surface area contributed by atoms with Crippen molar-refractivity contribution < 1.29 is 33.8 Å². The summed E-state index contributed by atoms with van der Waals surface area (Å²) in [5, 5.41) is 32.0. The predicted octanol–water partition coefficient (Wildman–Crippen LogP) is 6.64. The van der Waals surface area contributed by atoms with Gasteiger partial charge in [-0.15, -0.1) is 11.3 Å². The van der Waals surface area contributed by atoms with Gasteiger partial charge < -0.3 is 40.7 Å². The Bertz CT molecular complexity index is 2310. The molecule has 0 bridgehead atoms. The van der Waals surface area contributed by atoms with E-state index in [1.165, 1.54) is 4.90 Å². The van der Waals surface area contributed by atoms with Crippen molar-refractivity contribution in [2.75, 3.05) is 31.6 Å². The van der Waals surface area contributed by atoms with Crippen molar-refractivity contribution in [3.63, 3.8) is 0 Å². The molecule has 340 valence electrons. The van der Waals surface area contributed by atoms with E-state index in [2.05, 4.69) is 60.0 Å². The van der Waals surface area contributed by atoms with Crippen LogP contribution in [0, 0.1) is 29.1 Å². The molecule has 14 nitrogen and oxygen atoms in total. The van der Waals surface area contributed by atoms with E-state index in [9.17, 15) is 29.5 Å². The topological polar surface area (TPSA) is 195 Å². The zero-order valence-electron chi connectivity index (χ0n) is 37.2. The molecule has 0 unspecified atom stereocenters. The van der Waals surface area contributed by atoms with Crippen molar-refractivity contribution in [2.24, 2.45) is 10.8 Å². The lowest BCUT2D eigenvalue weighted by Gasteiger charge is -2.63. The number of ether oxygens (including phenoxy) is 2. The minimum Gasteiger partial charge on any atom is -0.489 e. The number of aryl methyl sites for hydroxylation is 1. The van der Waals surface area contributed by atoms with Crippen LogP contribution in [0.1, 0.15) is 87.5 Å². The van der Waals surface area contributed by atoms with E-state index in [-0.39, 0.29) is 60.9 Å². The molecule has 0 spiro atoms. The Kier molecular flexibility index (Phi) is 15.7. The number of hydrogen-bond acceptors (Lipinski definition) is 11. The molecule has 16 heteroatoms. The number of anilines is 1. The van der Waals surface area contributed by atoms with E-state index in [4.69, 9.17) is 21.1 Å². The maximum atomic E-state index is 13.3. The summed E-state index contributed by atoms with van der Waals surface area (Å²) in [7, 11) is 0. The summed E-state index contributed by atoms with van der Waals surface area (Å²) in [4.78, 5) is 59.2. The van der Waals surface area contributed by atoms with Gasteiger partial charge in [-0.25, -0.2) is 4.98 Å². The summed E-state index contributed by atoms with van der Waals surface area (Å²) < 4.78 is 11.9. The number of nitrogens with zero attached hydrogens (tertiary/aromatic N) is 3. The Balaban J connectivity index is 0.838. The normalized spacial score (nSPS) is 20.0. The molecule has 4 aromatic rings. The average Bonchev–Trinajstić information content (AvgIpc) is 3.89. The molecule has 64 heavy (non-hydrogen) atoms. The Morgan fingerprint density at radius 2 is 1.73 bits per heavy atom. The molecule has 1 saturated carbocycles. The largest absolute Gasteiger partial charge is 0.489 e. The minimum atomic E-state index is -0.911. The summed E-state index contributed by atoms with van der Waals surface area (Å²) >= 11 is 7.80. The fraction of sp³-hybridized carbons (Fsp3) is 0.458. The highest BCUT2D eigenvalue weighted by atomic mass is 35.5. The zero-order chi connectivity index (χ0) is 46.2. The molecule has 1 saturated heterocycles. The van der Waals surface area contributed by atoms with Crippen LogP contribution in [0.15, 0.2) is 72.2 Å². The highest BCUT2D eigenvalue weighted by Gasteiger charge is 2.64. The van der Waals surface area contributed by atoms with Crippen LogP contribution in [0.3, 0.4) is 0 Å². The molecule has 3 aromatic carbocycles. The number of nitriles is 1. The maximum Gasteiger partial charge on any atom is 0.251 e. The standard InChI is InChI=1S/C48H58ClN7O7S/c1-29-41(64-28-53-29)32-12-10-31(11-13-32)25-52-43(60)39-22-36(57)26-56(39)44(61)30(2)54-40(58)27-62-21-9-7-8-20-51-35-17-14-33(15-18-35)42(59)55-45-47(3,4)46(48(45,5)6)63-37-19-16-34(24-50)38(49)23-37/h10-19,23,28,30,36,39,45-46,51,57H,7-9,20-22,25-27H2,1-6H3,(H,52,60)(H,54,58)(H,55,59)/t30-,36+,39-,45-,46-/m0/s1. The number of amides is 4. The van der Waals surface area contributed by atoms with Crippen molar-refractivity contribution in [2.45, 2.75) is 104 Å². The third-order valence-electron chi connectivity index (χ3n) is 12.1. The number of thiazole rings is 1. The third-order valence-corrected chi connectivity index (χ3v) is 13.4. The van der Waals surface area contributed by atoms with Crippen LogP contribution in [0.4, 0.5) is 5.69 Å². The summed E-state index contributed by atoms with van der Waals surface area (Å²) in [5.74, 6) is -0.841. The Labute approximate surface area is 384 Å². The average molecular weight is 913 g/mol. The van der Waals surface area contributed by atoms with E-state index in [1.54, 1.807) is 48.6 Å². The first-order valence-electron chi connectivity index (χ1n) is 21.6. The van der Waals surface area contributed by atoms with E-state index >= 15 is 0 Å². The van der Waals surface area contributed by atoms with Gasteiger partial charge in [0.25, 0.3) is 5.91 Å². The van der Waals surface area contributed by atoms with Gasteiger partial charge in [-0.3, -0.25) is 19.2 Å². The van der Waals surface area contributed by atoms with E-state index in [1.807, 2.05) is 48.8 Å². The van der Waals surface area contributed by atoms with Crippen LogP contribution in [-0.2, 0) is 25.7 Å². The van der Waals surface area contributed by atoms with Crippen molar-refractivity contribution in [3.05, 3.63) is 99.6 Å². The molecule has 1 aliphatic heterocycles. The molecule has 1 aromatic heterocycles. The van der Waals surface area contributed by atoms with Crippen molar-refractivity contribution in [3.8, 4) is 22.3 Å². The molecule has 1 aliphatic carbocycles. The third kappa shape index (κ3) is 11.4. The number of hydrogen-bond donors (Lipinski definition) is 5. The van der Waals surface area contributed by atoms with Crippen molar-refractivity contribution in [1.29, 1.82) is 5.26 Å². The number of halogens is 1. The van der Waals surface area contributed by atoms with Gasteiger partial charge in [0.2, 0.25) is 17.7 Å². The van der Waals surface area contributed by atoms with Crippen molar-refractivity contribution in [1.82, 2.24) is 25.8 Å². The summed E-state index contributed by atoms with van der Waals surface area (Å²) in [6, 6.07) is 20.4. The Morgan fingerprint density at radius 1 is 1.02 bits per heavy atom. The molecule has 0 radical (unpaired) electrons. The lowest BCUT2D eigenvalue weighted by atomic mass is 9.49. The highest BCUT2D eigenvalue weighted by molar-refractivity contribution is 7.13. The zero-order valence-corrected chi connectivity index (χ0v) is 38.8. The Hall–Kier alpha value is -5.53. The van der Waals surface area contributed by atoms with Crippen LogP contribution >= 0.6 is 22.9 Å². The SMILES string of the molecule is Cc1ncsc1-c1ccc(CNC(=O)[C@@H]2C[C@@H](O)CN2C(=O)[C@H](C)NC(=O)COCCCCCNc2ccc(C(=O)N[C@H]3C(C)(C)[C@H](Oc4ccc(C#N)c(Cl)c4)C3(C)C)cc2)cc1. The number of aliphatic hydroxyl groups is 1. The summed E-state index contributed by atoms with van der Waals surface area (Å²) in [5.41, 5.74) is 5.81. The van der Waals surface area contributed by atoms with Gasteiger partial charge in [-0.05, 0) is 80.6 Å². The first kappa shape index (κ1) is 47.9. The lowest BCUT2D eigenvalue weighted by molar-refractivity contribution is -0.164. The van der Waals surface area contributed by atoms with E-state index in [0.717, 1.165) is 46.6 Å². The summed E-state index contributed by atoms with van der Waals surface area (Å²) in [6.45, 7) is 12.9. The first-order valence-corrected chi connectivity index (χ1v) is 22.9. The second-order valence-corrected chi connectivity index (χ2v) is 19.0. The van der Waals surface area contributed by atoms with Gasteiger partial charge in [0.05, 0.1) is 32.8 Å². The molecular weight excluding hydrogens is 854 g/mol. The monoisotopic (exact) mass is 911 g/mol. The van der Waals surface area contributed by atoms with Crippen LogP contribution in [0.2, 0.25) is 5.02 Å². The number of nitrogens with one attached hydrogen (secondary N) is 4. The summed E-state index contributed by atoms with van der Waals surface area (Å²) in [6.07, 6.45) is 1.53. The predicted molar refractivity (Wildman–Crippen MR) is 247 cm³/mol. The van der Waals surface area contributed by atoms with Gasteiger partial charge in [0, 0.05) is 66.9 Å². The number of likely N-dealkylation sites (tertiary alicyclic amines) is 1. The number of β-amino-alcohol motifs (C(OH)–C–C–N with tert-alkyl or cyclic N) is 1. The van der Waals surface area contributed by atoms with Crippen LogP contribution < -0.4 is 26.0 Å². The first-order chi connectivity index (χ1) is 30.5. The number of benzene rings is 3. The van der Waals surface area contributed by atoms with Gasteiger partial charge in [-0.2, -0.15) is 5.26 Å². The fourth-order valence-electron chi connectivity index (χ4n) is 9.01. The van der Waals surface area contributed by atoms with Gasteiger partial charge in [0.1, 0.15) is 36.6 Å². The fourth-order valence-corrected chi connectivity index (χ4v) is 10.0. The van der Waals surface area contributed by atoms with Crippen molar-refractivity contribution >= 4 is 52.3 Å². The van der Waals surface area contributed by atoms with E-state index in [0.29, 0.717) is 35.1 Å². The smallest absolute Gasteiger partial charge is 0.251 e. The Morgan fingerprint density at radius 3 is 2.39 bits per heavy atom. The molecule has 2 aliphatic rings. The molecular formula is C48H58ClN7O7S. The molecule has 2 fully saturated rings. The van der Waals surface area contributed by atoms with Gasteiger partial charge in [0.15, 0.2) is 0 Å². The molecule has 4 amide bonds. The van der Waals surface area contributed by atoms with Crippen LogP contribution in [0.25, 0.3) is 10.4 Å². The molecule has 2 heterocycles. The molecule has 3 atom stereocenters. The van der Waals surface area contributed by atoms with Crippen LogP contribution in [-0.4, -0.2) is 95.3 Å². The minimum absolute atomic E-state index is 0.00376. The number of aromatic nitrogens is 1. The second-order valence-electron chi connectivity index (χ2n) is 17.8. The second kappa shape index (κ2) is 21.0. The molecule has 6 rings (SSSR count). The lowest BCUT2D eigenvalue weighted by Crippen LogP contribution is -2.74. The number of unbranched alkanes of at least 4 members (excludes halogenated alkanes) is 2. The number of carbonyl (C=O) groups excluding carboxylic acids is 4. The maximum absolute atomic E-state index is 13.3. The van der Waals surface area contributed by atoms with Crippen LogP contribution in [0.5, 0.6) is 5.75 Å². The highest BCUT2D eigenvalue weighted by Crippen LogP contribution is 2.55. The number of carbonyl (C=O) groups is 4. The van der Waals surface area contributed by atoms with Gasteiger partial charge in [-0.1, -0.05) is 63.6 Å². The molecule has 5 N–H and O–H groups in total. The number of aliphatic hydroxyl groups excluding tert-OH is 1. The van der Waals surface area contributed by atoms with Gasteiger partial charge >= 0.3 is 0 Å². The number of rotatable bonds is 19. The van der Waals surface area contributed by atoms with E-state index < -0.39 is 30.0 Å². The quantitative estimate of drug-likeness (QED) is 0.0637.